The van der Waals surface area contributed by atoms with E-state index in [4.69, 9.17) is 0 Å². The van der Waals surface area contributed by atoms with Crippen LogP contribution in [0.4, 0.5) is 0 Å². The molecule has 1 N–H and O–H groups in total. The van der Waals surface area contributed by atoms with Crippen LogP contribution < -0.4 is 5.32 Å². The number of carbonyl (C=O) groups excluding carboxylic acids is 1. The predicted octanol–water partition coefficient (Wildman–Crippen LogP) is 3.04. The highest BCUT2D eigenvalue weighted by Crippen LogP contribution is 2.25. The topological polar surface area (TPSA) is 66.5 Å². The van der Waals surface area contributed by atoms with Crippen LogP contribution in [0.2, 0.25) is 0 Å². The van der Waals surface area contributed by atoms with Gasteiger partial charge in [-0.3, -0.25) is 4.79 Å². The van der Waals surface area contributed by atoms with E-state index in [1.54, 1.807) is 36.0 Å². The Kier molecular flexibility index (Phi) is 7.16. The minimum absolute atomic E-state index is 0.0386. The van der Waals surface area contributed by atoms with Gasteiger partial charge in [-0.2, -0.15) is 16.1 Å². The molecular formula is C19H30N2O3S2. The summed E-state index contributed by atoms with van der Waals surface area (Å²) in [6.07, 6.45) is 1.44. The van der Waals surface area contributed by atoms with E-state index >= 15 is 0 Å². The Bertz CT molecular complexity index is 709. The molecule has 7 heteroatoms. The number of aryl methyl sites for hydroxylation is 1. The van der Waals surface area contributed by atoms with Crippen molar-refractivity contribution in [1.29, 1.82) is 0 Å². The molecule has 0 saturated carbocycles. The summed E-state index contributed by atoms with van der Waals surface area (Å²) in [5, 5.41) is 2.96. The van der Waals surface area contributed by atoms with Gasteiger partial charge in [0.15, 0.2) is 0 Å². The van der Waals surface area contributed by atoms with Gasteiger partial charge in [-0.05, 0) is 31.9 Å². The van der Waals surface area contributed by atoms with E-state index in [-0.39, 0.29) is 23.1 Å². The van der Waals surface area contributed by atoms with Crippen molar-refractivity contribution in [3.05, 3.63) is 29.8 Å². The maximum Gasteiger partial charge on any atom is 0.243 e. The SMILES string of the molecule is Cc1ccc(S(=O)(=O)N2CCCC(C(=O)NCCSC(C)(C)C)C2)cc1. The highest BCUT2D eigenvalue weighted by molar-refractivity contribution is 8.00. The van der Waals surface area contributed by atoms with E-state index in [0.29, 0.717) is 24.4 Å². The lowest BCUT2D eigenvalue weighted by molar-refractivity contribution is -0.125. The van der Waals surface area contributed by atoms with Gasteiger partial charge in [0.05, 0.1) is 10.8 Å². The van der Waals surface area contributed by atoms with Crippen LogP contribution in [0, 0.1) is 12.8 Å². The average Bonchev–Trinajstić information content (AvgIpc) is 2.58. The van der Waals surface area contributed by atoms with E-state index in [2.05, 4.69) is 26.1 Å². The summed E-state index contributed by atoms with van der Waals surface area (Å²) in [5.41, 5.74) is 1.02. The van der Waals surface area contributed by atoms with E-state index in [9.17, 15) is 13.2 Å². The molecule has 0 aromatic heterocycles. The van der Waals surface area contributed by atoms with E-state index in [1.165, 1.54) is 4.31 Å². The van der Waals surface area contributed by atoms with Crippen LogP contribution in [0.25, 0.3) is 0 Å². The zero-order chi connectivity index (χ0) is 19.4. The fourth-order valence-corrected chi connectivity index (χ4v) is 5.25. The Morgan fingerprint density at radius 1 is 1.27 bits per heavy atom. The molecule has 0 spiro atoms. The van der Waals surface area contributed by atoms with Gasteiger partial charge in [0, 0.05) is 30.1 Å². The van der Waals surface area contributed by atoms with Crippen molar-refractivity contribution >= 4 is 27.7 Å². The van der Waals surface area contributed by atoms with E-state index in [0.717, 1.165) is 17.7 Å². The van der Waals surface area contributed by atoms with Crippen LogP contribution in [0.1, 0.15) is 39.2 Å². The highest BCUT2D eigenvalue weighted by Gasteiger charge is 2.33. The molecule has 0 aliphatic carbocycles. The second kappa shape index (κ2) is 8.76. The van der Waals surface area contributed by atoms with Gasteiger partial charge in [0.25, 0.3) is 0 Å². The Balaban J connectivity index is 1.93. The third kappa shape index (κ3) is 5.99. The average molecular weight is 399 g/mol. The van der Waals surface area contributed by atoms with Crippen molar-refractivity contribution < 1.29 is 13.2 Å². The number of benzene rings is 1. The van der Waals surface area contributed by atoms with Gasteiger partial charge in [-0.15, -0.1) is 0 Å². The first kappa shape index (κ1) is 21.3. The van der Waals surface area contributed by atoms with Gasteiger partial charge in [0.1, 0.15) is 0 Å². The Morgan fingerprint density at radius 3 is 2.54 bits per heavy atom. The zero-order valence-electron chi connectivity index (χ0n) is 16.1. The molecule has 1 atom stereocenters. The second-order valence-electron chi connectivity index (χ2n) is 7.77. The van der Waals surface area contributed by atoms with Crippen molar-refractivity contribution in [3.63, 3.8) is 0 Å². The number of sulfonamides is 1. The molecule has 2 rings (SSSR count). The van der Waals surface area contributed by atoms with Crippen LogP contribution in [0.3, 0.4) is 0 Å². The van der Waals surface area contributed by atoms with Crippen molar-refractivity contribution in [2.75, 3.05) is 25.4 Å². The van der Waals surface area contributed by atoms with Gasteiger partial charge >= 0.3 is 0 Å². The number of thioether (sulfide) groups is 1. The minimum atomic E-state index is -3.54. The molecule has 0 bridgehead atoms. The molecule has 1 saturated heterocycles. The molecule has 26 heavy (non-hydrogen) atoms. The molecule has 1 aliphatic rings. The predicted molar refractivity (Wildman–Crippen MR) is 108 cm³/mol. The number of carbonyl (C=O) groups is 1. The number of nitrogens with zero attached hydrogens (tertiary/aromatic N) is 1. The second-order valence-corrected chi connectivity index (χ2v) is 11.6. The molecule has 1 heterocycles. The van der Waals surface area contributed by atoms with Crippen molar-refractivity contribution in [3.8, 4) is 0 Å². The van der Waals surface area contributed by atoms with Crippen molar-refractivity contribution in [2.45, 2.75) is 50.2 Å². The summed E-state index contributed by atoms with van der Waals surface area (Å²) in [5.74, 6) is 0.541. The molecule has 1 fully saturated rings. The van der Waals surface area contributed by atoms with Crippen molar-refractivity contribution in [2.24, 2.45) is 5.92 Å². The Morgan fingerprint density at radius 2 is 1.92 bits per heavy atom. The summed E-state index contributed by atoms with van der Waals surface area (Å²) < 4.78 is 27.3. The Hall–Kier alpha value is -1.05. The molecule has 1 aliphatic heterocycles. The quantitative estimate of drug-likeness (QED) is 0.748. The Labute approximate surface area is 162 Å². The van der Waals surface area contributed by atoms with Crippen LogP contribution >= 0.6 is 11.8 Å². The summed E-state index contributed by atoms with van der Waals surface area (Å²) in [6.45, 7) is 9.71. The maximum absolute atomic E-state index is 12.8. The zero-order valence-corrected chi connectivity index (χ0v) is 17.8. The van der Waals surface area contributed by atoms with Crippen LogP contribution in [0.15, 0.2) is 29.2 Å². The third-order valence-corrected chi connectivity index (χ3v) is 7.50. The number of amides is 1. The molecule has 1 amide bonds. The van der Waals surface area contributed by atoms with Gasteiger partial charge in [-0.1, -0.05) is 38.5 Å². The van der Waals surface area contributed by atoms with Gasteiger partial charge < -0.3 is 5.32 Å². The van der Waals surface area contributed by atoms with E-state index < -0.39 is 10.0 Å². The highest BCUT2D eigenvalue weighted by atomic mass is 32.2. The largest absolute Gasteiger partial charge is 0.355 e. The van der Waals surface area contributed by atoms with E-state index in [1.807, 2.05) is 6.92 Å². The summed E-state index contributed by atoms with van der Waals surface area (Å²) >= 11 is 1.80. The minimum Gasteiger partial charge on any atom is -0.355 e. The smallest absolute Gasteiger partial charge is 0.243 e. The standard InChI is InChI=1S/C19H30N2O3S2/c1-15-7-9-17(10-8-15)26(23,24)21-12-5-6-16(14-21)18(22)20-11-13-25-19(2,3)4/h7-10,16H,5-6,11-14H2,1-4H3,(H,20,22). The number of nitrogens with one attached hydrogen (secondary N) is 1. The molecule has 5 nitrogen and oxygen atoms in total. The normalized spacial score (nSPS) is 19.3. The monoisotopic (exact) mass is 398 g/mol. The number of hydrogen-bond acceptors (Lipinski definition) is 4. The summed E-state index contributed by atoms with van der Waals surface area (Å²) in [6, 6.07) is 6.87. The van der Waals surface area contributed by atoms with Crippen LogP contribution in [-0.2, 0) is 14.8 Å². The van der Waals surface area contributed by atoms with Crippen LogP contribution in [0.5, 0.6) is 0 Å². The van der Waals surface area contributed by atoms with Gasteiger partial charge in [-0.25, -0.2) is 8.42 Å². The summed E-state index contributed by atoms with van der Waals surface area (Å²) in [4.78, 5) is 12.7. The molecular weight excluding hydrogens is 368 g/mol. The first-order valence-electron chi connectivity index (χ1n) is 9.08. The number of piperidine rings is 1. The first-order chi connectivity index (χ1) is 12.1. The molecule has 146 valence electrons. The van der Waals surface area contributed by atoms with Crippen LogP contribution in [-0.4, -0.2) is 48.8 Å². The molecule has 1 aromatic carbocycles. The lowest BCUT2D eigenvalue weighted by Gasteiger charge is -2.31. The molecule has 1 aromatic rings. The summed E-state index contributed by atoms with van der Waals surface area (Å²) in [7, 11) is -3.54. The molecule has 0 radical (unpaired) electrons. The lowest BCUT2D eigenvalue weighted by Crippen LogP contribution is -2.45. The first-order valence-corrected chi connectivity index (χ1v) is 11.5. The number of hydrogen-bond donors (Lipinski definition) is 1. The van der Waals surface area contributed by atoms with Gasteiger partial charge in [0.2, 0.25) is 15.9 Å². The fourth-order valence-electron chi connectivity index (χ4n) is 2.91. The number of rotatable bonds is 6. The maximum atomic E-state index is 12.8. The van der Waals surface area contributed by atoms with Crippen molar-refractivity contribution in [1.82, 2.24) is 9.62 Å². The third-order valence-electron chi connectivity index (χ3n) is 4.35. The molecule has 1 unspecified atom stereocenters. The lowest BCUT2D eigenvalue weighted by atomic mass is 9.99. The fraction of sp³-hybridized carbons (Fsp3) is 0.632.